The Morgan fingerprint density at radius 2 is 2.05 bits per heavy atom. The number of benzene rings is 1. The molecule has 1 rings (SSSR count). The van der Waals surface area contributed by atoms with Gasteiger partial charge in [-0.2, -0.15) is 0 Å². The molecule has 4 nitrogen and oxygen atoms in total. The predicted octanol–water partition coefficient (Wildman–Crippen LogP) is 3.55. The van der Waals surface area contributed by atoms with Crippen LogP contribution in [-0.2, 0) is 9.59 Å². The van der Waals surface area contributed by atoms with Crippen molar-refractivity contribution in [2.24, 2.45) is 11.3 Å². The van der Waals surface area contributed by atoms with Crippen LogP contribution in [0.4, 0.5) is 10.1 Å². The van der Waals surface area contributed by atoms with Gasteiger partial charge in [-0.15, -0.1) is 0 Å². The molecule has 1 aromatic rings. The molecule has 0 spiro atoms. The summed E-state index contributed by atoms with van der Waals surface area (Å²) in [5.41, 5.74) is -1.27. The first-order chi connectivity index (χ1) is 9.16. The van der Waals surface area contributed by atoms with Crippen molar-refractivity contribution in [3.63, 3.8) is 0 Å². The van der Waals surface area contributed by atoms with Gasteiger partial charge in [0.15, 0.2) is 0 Å². The molecule has 20 heavy (non-hydrogen) atoms. The van der Waals surface area contributed by atoms with E-state index >= 15 is 0 Å². The van der Waals surface area contributed by atoms with E-state index < -0.39 is 23.1 Å². The minimum Gasteiger partial charge on any atom is -0.481 e. The third-order valence-electron chi connectivity index (χ3n) is 3.49. The molecule has 0 aliphatic carbocycles. The first kappa shape index (κ1) is 16.4. The number of carbonyl (C=O) groups excluding carboxylic acids is 1. The second kappa shape index (κ2) is 6.22. The smallest absolute Gasteiger partial charge is 0.310 e. The van der Waals surface area contributed by atoms with Crippen molar-refractivity contribution in [2.45, 2.75) is 27.2 Å². The van der Waals surface area contributed by atoms with Crippen LogP contribution < -0.4 is 5.32 Å². The van der Waals surface area contributed by atoms with E-state index in [0.717, 1.165) is 6.07 Å². The van der Waals surface area contributed by atoms with E-state index in [0.29, 0.717) is 0 Å². The van der Waals surface area contributed by atoms with Crippen LogP contribution in [0, 0.1) is 17.2 Å². The molecule has 0 aliphatic heterocycles. The topological polar surface area (TPSA) is 66.4 Å². The predicted molar refractivity (Wildman–Crippen MR) is 75.2 cm³/mol. The Labute approximate surface area is 121 Å². The van der Waals surface area contributed by atoms with Crippen LogP contribution in [0.5, 0.6) is 0 Å². The molecule has 1 atom stereocenters. The van der Waals surface area contributed by atoms with Crippen molar-refractivity contribution in [1.82, 2.24) is 0 Å². The van der Waals surface area contributed by atoms with E-state index in [-0.39, 0.29) is 23.0 Å². The Morgan fingerprint density at radius 3 is 2.55 bits per heavy atom. The zero-order valence-corrected chi connectivity index (χ0v) is 12.3. The Bertz CT molecular complexity index is 533. The van der Waals surface area contributed by atoms with Crippen molar-refractivity contribution in [3.05, 3.63) is 29.0 Å². The van der Waals surface area contributed by atoms with Gasteiger partial charge in [0.25, 0.3) is 0 Å². The normalized spacial score (nSPS) is 13.9. The number of aliphatic carboxylic acids is 1. The van der Waals surface area contributed by atoms with E-state index in [2.05, 4.69) is 5.32 Å². The Morgan fingerprint density at radius 1 is 1.45 bits per heavy atom. The molecule has 110 valence electrons. The fourth-order valence-electron chi connectivity index (χ4n) is 1.65. The summed E-state index contributed by atoms with van der Waals surface area (Å²) in [5.74, 6) is -2.49. The molecule has 0 aliphatic rings. The van der Waals surface area contributed by atoms with Crippen LogP contribution >= 0.6 is 11.6 Å². The van der Waals surface area contributed by atoms with Crippen LogP contribution in [0.2, 0.25) is 5.02 Å². The summed E-state index contributed by atoms with van der Waals surface area (Å²) < 4.78 is 13.5. The maximum atomic E-state index is 13.5. The average molecular weight is 302 g/mol. The molecule has 0 fully saturated rings. The van der Waals surface area contributed by atoms with Crippen LogP contribution in [0.15, 0.2) is 18.2 Å². The molecule has 0 saturated heterocycles. The Kier molecular flexibility index (Phi) is 5.11. The zero-order chi connectivity index (χ0) is 15.5. The second-order valence-electron chi connectivity index (χ2n) is 5.23. The highest BCUT2D eigenvalue weighted by atomic mass is 35.5. The van der Waals surface area contributed by atoms with E-state index in [1.165, 1.54) is 19.1 Å². The molecule has 0 heterocycles. The Balaban J connectivity index is 2.87. The number of carbonyl (C=O) groups is 2. The van der Waals surface area contributed by atoms with Crippen molar-refractivity contribution in [3.8, 4) is 0 Å². The number of nitrogens with one attached hydrogen (secondary N) is 1. The molecule has 1 amide bonds. The number of hydrogen-bond donors (Lipinski definition) is 2. The van der Waals surface area contributed by atoms with Crippen molar-refractivity contribution in [2.75, 3.05) is 5.32 Å². The van der Waals surface area contributed by atoms with Gasteiger partial charge in [0, 0.05) is 11.4 Å². The van der Waals surface area contributed by atoms with Gasteiger partial charge in [-0.05, 0) is 31.0 Å². The molecule has 2 N–H and O–H groups in total. The number of anilines is 1. The first-order valence-corrected chi connectivity index (χ1v) is 6.53. The number of carboxylic acids is 1. The third kappa shape index (κ3) is 3.70. The van der Waals surface area contributed by atoms with Gasteiger partial charge in [-0.1, -0.05) is 25.4 Å². The average Bonchev–Trinajstić information content (AvgIpc) is 2.33. The summed E-state index contributed by atoms with van der Waals surface area (Å²) in [6.07, 6.45) is -0.244. The molecule has 1 aromatic carbocycles. The standard InChI is InChI=1S/C14H17ClFNO3/c1-8(2)14(3,13(19)20)7-12(18)17-11-6-9(15)4-5-10(11)16/h4-6,8H,7H2,1-3H3,(H,17,18)(H,19,20). The van der Waals surface area contributed by atoms with Crippen LogP contribution in [0.3, 0.4) is 0 Å². The lowest BCUT2D eigenvalue weighted by molar-refractivity contribution is -0.153. The molecule has 0 aromatic heterocycles. The summed E-state index contributed by atoms with van der Waals surface area (Å²) in [6, 6.07) is 3.78. The van der Waals surface area contributed by atoms with Crippen molar-refractivity contribution >= 4 is 29.2 Å². The van der Waals surface area contributed by atoms with Gasteiger partial charge in [-0.3, -0.25) is 9.59 Å². The summed E-state index contributed by atoms with van der Waals surface area (Å²) >= 11 is 5.72. The van der Waals surface area contributed by atoms with Gasteiger partial charge < -0.3 is 10.4 Å². The second-order valence-corrected chi connectivity index (χ2v) is 5.66. The van der Waals surface area contributed by atoms with Gasteiger partial charge >= 0.3 is 5.97 Å². The molecular weight excluding hydrogens is 285 g/mol. The lowest BCUT2D eigenvalue weighted by atomic mass is 9.76. The van der Waals surface area contributed by atoms with Crippen LogP contribution in [0.1, 0.15) is 27.2 Å². The fraction of sp³-hybridized carbons (Fsp3) is 0.429. The highest BCUT2D eigenvalue weighted by Crippen LogP contribution is 2.32. The number of carboxylic acid groups (broad SMARTS) is 1. The van der Waals surface area contributed by atoms with E-state index in [1.807, 2.05) is 0 Å². The lowest BCUT2D eigenvalue weighted by Crippen LogP contribution is -2.37. The fourth-order valence-corrected chi connectivity index (χ4v) is 1.82. The molecule has 0 saturated carbocycles. The number of amides is 1. The lowest BCUT2D eigenvalue weighted by Gasteiger charge is -2.28. The number of halogens is 2. The minimum absolute atomic E-state index is 0.0565. The van der Waals surface area contributed by atoms with Gasteiger partial charge in [-0.25, -0.2) is 4.39 Å². The zero-order valence-electron chi connectivity index (χ0n) is 11.5. The maximum absolute atomic E-state index is 13.5. The summed E-state index contributed by atoms with van der Waals surface area (Å²) in [7, 11) is 0. The highest BCUT2D eigenvalue weighted by molar-refractivity contribution is 6.30. The van der Waals surface area contributed by atoms with Gasteiger partial charge in [0.05, 0.1) is 11.1 Å². The molecule has 0 bridgehead atoms. The van der Waals surface area contributed by atoms with Gasteiger partial charge in [0.1, 0.15) is 5.82 Å². The van der Waals surface area contributed by atoms with E-state index in [4.69, 9.17) is 11.6 Å². The molecule has 0 radical (unpaired) electrons. The quantitative estimate of drug-likeness (QED) is 0.874. The Hall–Kier alpha value is -1.62. The van der Waals surface area contributed by atoms with E-state index in [1.54, 1.807) is 13.8 Å². The first-order valence-electron chi connectivity index (χ1n) is 6.15. The SMILES string of the molecule is CC(C)C(C)(CC(=O)Nc1cc(Cl)ccc1F)C(=O)O. The molecule has 6 heteroatoms. The summed E-state index contributed by atoms with van der Waals surface area (Å²) in [6.45, 7) is 4.94. The van der Waals surface area contributed by atoms with Crippen LogP contribution in [-0.4, -0.2) is 17.0 Å². The summed E-state index contributed by atoms with van der Waals surface area (Å²) in [4.78, 5) is 23.2. The van der Waals surface area contributed by atoms with Crippen LogP contribution in [0.25, 0.3) is 0 Å². The third-order valence-corrected chi connectivity index (χ3v) is 3.73. The van der Waals surface area contributed by atoms with E-state index in [9.17, 15) is 19.1 Å². The minimum atomic E-state index is -1.21. The highest BCUT2D eigenvalue weighted by Gasteiger charge is 2.38. The largest absolute Gasteiger partial charge is 0.481 e. The summed E-state index contributed by atoms with van der Waals surface area (Å²) in [5, 5.41) is 11.9. The molecule has 1 unspecified atom stereocenters. The number of hydrogen-bond acceptors (Lipinski definition) is 2. The van der Waals surface area contributed by atoms with Crippen molar-refractivity contribution in [1.29, 1.82) is 0 Å². The molecular formula is C14H17ClFNO3. The number of rotatable bonds is 5. The van der Waals surface area contributed by atoms with Gasteiger partial charge in [0.2, 0.25) is 5.91 Å². The van der Waals surface area contributed by atoms with Crippen molar-refractivity contribution < 1.29 is 19.1 Å². The maximum Gasteiger partial charge on any atom is 0.310 e. The monoisotopic (exact) mass is 301 g/mol.